The minimum absolute atomic E-state index is 0.133. The Morgan fingerprint density at radius 2 is 2.17 bits per heavy atom. The van der Waals surface area contributed by atoms with Gasteiger partial charge in [0.1, 0.15) is 4.21 Å². The first-order valence-electron chi connectivity index (χ1n) is 5.87. The molecule has 5 nitrogen and oxygen atoms in total. The van der Waals surface area contributed by atoms with Crippen LogP contribution >= 0.6 is 11.3 Å². The SMILES string of the molecule is O=S(=O)(NCC1CCOCC1)c1cc(CO)cs1. The smallest absolute Gasteiger partial charge is 0.250 e. The van der Waals surface area contributed by atoms with Crippen molar-refractivity contribution in [3.63, 3.8) is 0 Å². The largest absolute Gasteiger partial charge is 0.392 e. The molecule has 0 spiro atoms. The predicted octanol–water partition coefficient (Wildman–Crippen LogP) is 0.945. The van der Waals surface area contributed by atoms with Gasteiger partial charge in [0.05, 0.1) is 6.61 Å². The molecule has 0 radical (unpaired) electrons. The summed E-state index contributed by atoms with van der Waals surface area (Å²) in [5.74, 6) is 0.353. The number of hydrogen-bond donors (Lipinski definition) is 2. The fourth-order valence-corrected chi connectivity index (χ4v) is 4.19. The van der Waals surface area contributed by atoms with Crippen LogP contribution < -0.4 is 4.72 Å². The van der Waals surface area contributed by atoms with Gasteiger partial charge in [-0.2, -0.15) is 0 Å². The van der Waals surface area contributed by atoms with E-state index in [0.29, 0.717) is 31.2 Å². The van der Waals surface area contributed by atoms with Crippen molar-refractivity contribution in [1.82, 2.24) is 4.72 Å². The average molecular weight is 291 g/mol. The van der Waals surface area contributed by atoms with Crippen LogP contribution in [0.3, 0.4) is 0 Å². The highest BCUT2D eigenvalue weighted by Gasteiger charge is 2.20. The number of aliphatic hydroxyl groups is 1. The third-order valence-electron chi connectivity index (χ3n) is 2.98. The summed E-state index contributed by atoms with van der Waals surface area (Å²) in [4.78, 5) is 0. The predicted molar refractivity (Wildman–Crippen MR) is 69.0 cm³/mol. The molecule has 0 aromatic carbocycles. The second-order valence-corrected chi connectivity index (χ2v) is 7.24. The molecule has 1 aromatic heterocycles. The minimum atomic E-state index is -3.43. The van der Waals surface area contributed by atoms with Gasteiger partial charge in [0, 0.05) is 19.8 Å². The molecular formula is C11H17NO4S2. The van der Waals surface area contributed by atoms with E-state index in [4.69, 9.17) is 9.84 Å². The van der Waals surface area contributed by atoms with Gasteiger partial charge in [0.2, 0.25) is 10.0 Å². The van der Waals surface area contributed by atoms with E-state index in [1.807, 2.05) is 0 Å². The van der Waals surface area contributed by atoms with Crippen LogP contribution in [0.1, 0.15) is 18.4 Å². The standard InChI is InChI=1S/C11H17NO4S2/c13-7-10-5-11(17-8-10)18(14,15)12-6-9-1-3-16-4-2-9/h5,8-9,12-13H,1-4,6-7H2. The van der Waals surface area contributed by atoms with E-state index in [2.05, 4.69) is 4.72 Å². The number of sulfonamides is 1. The molecule has 0 atom stereocenters. The molecule has 0 amide bonds. The number of thiophene rings is 1. The molecule has 2 heterocycles. The van der Waals surface area contributed by atoms with Crippen LogP contribution in [-0.2, 0) is 21.4 Å². The van der Waals surface area contributed by atoms with Gasteiger partial charge in [-0.3, -0.25) is 0 Å². The molecule has 102 valence electrons. The van der Waals surface area contributed by atoms with Crippen molar-refractivity contribution in [3.05, 3.63) is 17.0 Å². The Morgan fingerprint density at radius 3 is 2.78 bits per heavy atom. The van der Waals surface area contributed by atoms with Crippen LogP contribution in [0.5, 0.6) is 0 Å². The summed E-state index contributed by atoms with van der Waals surface area (Å²) >= 11 is 1.13. The summed E-state index contributed by atoms with van der Waals surface area (Å²) in [5.41, 5.74) is 0.631. The van der Waals surface area contributed by atoms with Crippen molar-refractivity contribution in [2.24, 2.45) is 5.92 Å². The van der Waals surface area contributed by atoms with Crippen molar-refractivity contribution in [2.45, 2.75) is 23.7 Å². The van der Waals surface area contributed by atoms with Crippen molar-refractivity contribution >= 4 is 21.4 Å². The fraction of sp³-hybridized carbons (Fsp3) is 0.636. The van der Waals surface area contributed by atoms with Crippen molar-refractivity contribution in [3.8, 4) is 0 Å². The lowest BCUT2D eigenvalue weighted by atomic mass is 10.0. The van der Waals surface area contributed by atoms with Gasteiger partial charge in [-0.1, -0.05) is 0 Å². The Balaban J connectivity index is 1.94. The molecule has 1 aliphatic heterocycles. The fourth-order valence-electron chi connectivity index (χ4n) is 1.83. The molecule has 1 aliphatic rings. The number of aliphatic hydroxyl groups excluding tert-OH is 1. The van der Waals surface area contributed by atoms with E-state index in [0.717, 1.165) is 24.2 Å². The Hall–Kier alpha value is -0.470. The van der Waals surface area contributed by atoms with Gasteiger partial charge in [0.25, 0.3) is 0 Å². The Labute approximate surface area is 111 Å². The molecule has 18 heavy (non-hydrogen) atoms. The molecule has 1 aromatic rings. The first-order chi connectivity index (χ1) is 8.62. The van der Waals surface area contributed by atoms with Gasteiger partial charge in [-0.25, -0.2) is 13.1 Å². The average Bonchev–Trinajstić information content (AvgIpc) is 2.87. The van der Waals surface area contributed by atoms with Crippen molar-refractivity contribution < 1.29 is 18.3 Å². The molecule has 2 rings (SSSR count). The van der Waals surface area contributed by atoms with E-state index in [1.54, 1.807) is 5.38 Å². The lowest BCUT2D eigenvalue weighted by Crippen LogP contribution is -2.31. The second-order valence-electron chi connectivity index (χ2n) is 4.34. The van der Waals surface area contributed by atoms with Crippen LogP contribution in [0.2, 0.25) is 0 Å². The van der Waals surface area contributed by atoms with E-state index in [-0.39, 0.29) is 10.8 Å². The summed E-state index contributed by atoms with van der Waals surface area (Å²) in [5, 5.41) is 10.6. The van der Waals surface area contributed by atoms with E-state index >= 15 is 0 Å². The van der Waals surface area contributed by atoms with Crippen LogP contribution in [0.15, 0.2) is 15.7 Å². The van der Waals surface area contributed by atoms with Crippen LogP contribution in [0.25, 0.3) is 0 Å². The first kappa shape index (κ1) is 14.0. The van der Waals surface area contributed by atoms with E-state index in [9.17, 15) is 8.42 Å². The normalized spacial score (nSPS) is 18.1. The molecule has 7 heteroatoms. The molecule has 0 bridgehead atoms. The lowest BCUT2D eigenvalue weighted by Gasteiger charge is -2.21. The number of ether oxygens (including phenoxy) is 1. The monoisotopic (exact) mass is 291 g/mol. The van der Waals surface area contributed by atoms with Gasteiger partial charge in [0.15, 0.2) is 0 Å². The highest BCUT2D eigenvalue weighted by molar-refractivity contribution is 7.91. The molecule has 2 N–H and O–H groups in total. The topological polar surface area (TPSA) is 75.6 Å². The molecule has 0 unspecified atom stereocenters. The third kappa shape index (κ3) is 3.52. The Kier molecular flexibility index (Phi) is 4.74. The number of rotatable bonds is 5. The van der Waals surface area contributed by atoms with E-state index < -0.39 is 10.0 Å². The van der Waals surface area contributed by atoms with Gasteiger partial charge < -0.3 is 9.84 Å². The maximum Gasteiger partial charge on any atom is 0.250 e. The minimum Gasteiger partial charge on any atom is -0.392 e. The maximum absolute atomic E-state index is 12.0. The molecule has 1 saturated heterocycles. The highest BCUT2D eigenvalue weighted by Crippen LogP contribution is 2.21. The van der Waals surface area contributed by atoms with Gasteiger partial charge in [-0.05, 0) is 35.8 Å². The summed E-state index contributed by atoms with van der Waals surface area (Å²) in [7, 11) is -3.43. The summed E-state index contributed by atoms with van der Waals surface area (Å²) < 4.78 is 32.1. The van der Waals surface area contributed by atoms with Gasteiger partial charge in [-0.15, -0.1) is 11.3 Å². The second kappa shape index (κ2) is 6.12. The maximum atomic E-state index is 12.0. The summed E-state index contributed by atoms with van der Waals surface area (Å²) in [6, 6.07) is 1.51. The van der Waals surface area contributed by atoms with Crippen LogP contribution in [0.4, 0.5) is 0 Å². The number of nitrogens with one attached hydrogen (secondary N) is 1. The number of hydrogen-bond acceptors (Lipinski definition) is 5. The summed E-state index contributed by atoms with van der Waals surface area (Å²) in [6.45, 7) is 1.74. The molecule has 0 aliphatic carbocycles. The molecular weight excluding hydrogens is 274 g/mol. The van der Waals surface area contributed by atoms with Crippen molar-refractivity contribution in [1.29, 1.82) is 0 Å². The first-order valence-corrected chi connectivity index (χ1v) is 8.24. The summed E-state index contributed by atoms with van der Waals surface area (Å²) in [6.07, 6.45) is 1.80. The Morgan fingerprint density at radius 1 is 1.44 bits per heavy atom. The van der Waals surface area contributed by atoms with Crippen LogP contribution in [-0.4, -0.2) is 33.3 Å². The zero-order valence-corrected chi connectivity index (χ0v) is 11.6. The van der Waals surface area contributed by atoms with Crippen molar-refractivity contribution in [2.75, 3.05) is 19.8 Å². The van der Waals surface area contributed by atoms with Crippen LogP contribution in [0, 0.1) is 5.92 Å². The molecule has 1 fully saturated rings. The third-order valence-corrected chi connectivity index (χ3v) is 5.89. The van der Waals surface area contributed by atoms with Gasteiger partial charge >= 0.3 is 0 Å². The highest BCUT2D eigenvalue weighted by atomic mass is 32.2. The zero-order valence-electron chi connectivity index (χ0n) is 9.96. The quantitative estimate of drug-likeness (QED) is 0.847. The van der Waals surface area contributed by atoms with E-state index in [1.165, 1.54) is 6.07 Å². The lowest BCUT2D eigenvalue weighted by molar-refractivity contribution is 0.0678. The zero-order chi connectivity index (χ0) is 13.0. The Bertz CT molecular complexity index is 477. The molecule has 0 saturated carbocycles.